The fraction of sp³-hybridized carbons (Fsp3) is 0.267. The average molecular weight is 240 g/mol. The van der Waals surface area contributed by atoms with Crippen LogP contribution in [0, 0.1) is 0 Å². The van der Waals surface area contributed by atoms with Gasteiger partial charge in [0.05, 0.1) is 5.56 Å². The summed E-state index contributed by atoms with van der Waals surface area (Å²) in [6.45, 7) is 0. The van der Waals surface area contributed by atoms with E-state index in [9.17, 15) is 4.79 Å². The van der Waals surface area contributed by atoms with E-state index in [2.05, 4.69) is 22.5 Å². The molecule has 1 aliphatic rings. The van der Waals surface area contributed by atoms with Crippen LogP contribution in [0.15, 0.2) is 42.6 Å². The van der Waals surface area contributed by atoms with Gasteiger partial charge in [0, 0.05) is 23.1 Å². The van der Waals surface area contributed by atoms with E-state index in [0.717, 1.165) is 35.7 Å². The first kappa shape index (κ1) is 11.1. The molecule has 1 atom stereocenters. The van der Waals surface area contributed by atoms with Crippen LogP contribution < -0.4 is 5.32 Å². The van der Waals surface area contributed by atoms with E-state index in [1.54, 1.807) is 6.20 Å². The Morgan fingerprint density at radius 2 is 2.17 bits per heavy atom. The van der Waals surface area contributed by atoms with Gasteiger partial charge in [-0.05, 0) is 25.3 Å². The molecule has 3 rings (SSSR count). The molecule has 0 bridgehead atoms. The van der Waals surface area contributed by atoms with Crippen LogP contribution in [0.1, 0.15) is 29.6 Å². The van der Waals surface area contributed by atoms with Gasteiger partial charge < -0.3 is 10.3 Å². The van der Waals surface area contributed by atoms with E-state index in [1.807, 2.05) is 24.3 Å². The Labute approximate surface area is 106 Å². The zero-order valence-corrected chi connectivity index (χ0v) is 10.1. The van der Waals surface area contributed by atoms with E-state index in [-0.39, 0.29) is 11.9 Å². The second-order valence-electron chi connectivity index (χ2n) is 4.70. The Morgan fingerprint density at radius 3 is 3.00 bits per heavy atom. The number of aromatic nitrogens is 1. The van der Waals surface area contributed by atoms with E-state index >= 15 is 0 Å². The third-order valence-corrected chi connectivity index (χ3v) is 3.44. The molecule has 0 fully saturated rings. The number of hydrogen-bond donors (Lipinski definition) is 2. The summed E-state index contributed by atoms with van der Waals surface area (Å²) in [7, 11) is 0. The zero-order valence-electron chi connectivity index (χ0n) is 10.1. The summed E-state index contributed by atoms with van der Waals surface area (Å²) < 4.78 is 0. The van der Waals surface area contributed by atoms with Crippen molar-refractivity contribution in [3.8, 4) is 0 Å². The predicted molar refractivity (Wildman–Crippen MR) is 72.5 cm³/mol. The van der Waals surface area contributed by atoms with Crippen molar-refractivity contribution in [2.75, 3.05) is 0 Å². The number of hydrogen-bond acceptors (Lipinski definition) is 1. The lowest BCUT2D eigenvalue weighted by Gasteiger charge is -2.19. The molecule has 0 radical (unpaired) electrons. The molecule has 2 N–H and O–H groups in total. The highest BCUT2D eigenvalue weighted by Crippen LogP contribution is 2.18. The molecule has 92 valence electrons. The average Bonchev–Trinajstić information content (AvgIpc) is 2.84. The highest BCUT2D eigenvalue weighted by Gasteiger charge is 2.16. The first-order valence-electron chi connectivity index (χ1n) is 6.36. The quantitative estimate of drug-likeness (QED) is 0.779. The molecule has 0 saturated carbocycles. The third kappa shape index (κ3) is 2.04. The van der Waals surface area contributed by atoms with Gasteiger partial charge in [-0.25, -0.2) is 0 Å². The standard InChI is InChI=1S/C15H16N2O/c18-15(17-11-6-2-1-3-7-11)13-10-16-14-9-5-4-8-12(13)14/h1-2,4-5,8-11,16H,3,6-7H2,(H,17,18). The van der Waals surface area contributed by atoms with Crippen LogP contribution in [0.25, 0.3) is 10.9 Å². The zero-order chi connectivity index (χ0) is 12.4. The summed E-state index contributed by atoms with van der Waals surface area (Å²) in [6, 6.07) is 8.15. The molecule has 3 nitrogen and oxygen atoms in total. The first-order chi connectivity index (χ1) is 8.84. The van der Waals surface area contributed by atoms with Gasteiger partial charge >= 0.3 is 0 Å². The summed E-state index contributed by atoms with van der Waals surface area (Å²) in [4.78, 5) is 15.4. The molecule has 18 heavy (non-hydrogen) atoms. The maximum absolute atomic E-state index is 12.2. The van der Waals surface area contributed by atoms with E-state index in [4.69, 9.17) is 0 Å². The minimum absolute atomic E-state index is 0.0211. The summed E-state index contributed by atoms with van der Waals surface area (Å²) in [5.74, 6) is 0.0211. The monoisotopic (exact) mass is 240 g/mol. The van der Waals surface area contributed by atoms with Gasteiger partial charge in [-0.3, -0.25) is 4.79 Å². The molecule has 0 spiro atoms. The second-order valence-corrected chi connectivity index (χ2v) is 4.70. The lowest BCUT2D eigenvalue weighted by atomic mass is 10.0. The smallest absolute Gasteiger partial charge is 0.253 e. The van der Waals surface area contributed by atoms with Crippen LogP contribution in [0.3, 0.4) is 0 Å². The Morgan fingerprint density at radius 1 is 1.28 bits per heavy atom. The van der Waals surface area contributed by atoms with Crippen molar-refractivity contribution in [3.63, 3.8) is 0 Å². The number of allylic oxidation sites excluding steroid dienone is 1. The largest absolute Gasteiger partial charge is 0.360 e. The molecule has 1 amide bonds. The lowest BCUT2D eigenvalue weighted by molar-refractivity contribution is 0.0936. The highest BCUT2D eigenvalue weighted by molar-refractivity contribution is 6.06. The molecule has 1 aromatic heterocycles. The number of carbonyl (C=O) groups excluding carboxylic acids is 1. The van der Waals surface area contributed by atoms with Crippen LogP contribution in [-0.4, -0.2) is 16.9 Å². The van der Waals surface area contributed by atoms with Crippen molar-refractivity contribution in [2.24, 2.45) is 0 Å². The fourth-order valence-electron chi connectivity index (χ4n) is 2.45. The maximum Gasteiger partial charge on any atom is 0.253 e. The Bertz CT molecular complexity index is 597. The molecule has 0 aliphatic heterocycles. The second kappa shape index (κ2) is 4.69. The van der Waals surface area contributed by atoms with Crippen LogP contribution in [0.5, 0.6) is 0 Å². The van der Waals surface area contributed by atoms with Crippen LogP contribution >= 0.6 is 0 Å². The molecule has 2 aromatic rings. The minimum Gasteiger partial charge on any atom is -0.360 e. The number of H-pyrrole nitrogens is 1. The van der Waals surface area contributed by atoms with E-state index < -0.39 is 0 Å². The first-order valence-corrected chi connectivity index (χ1v) is 6.36. The Kier molecular flexibility index (Phi) is 2.89. The number of aromatic amines is 1. The third-order valence-electron chi connectivity index (χ3n) is 3.44. The molecule has 1 aromatic carbocycles. The van der Waals surface area contributed by atoms with Gasteiger partial charge in [0.1, 0.15) is 0 Å². The fourth-order valence-corrected chi connectivity index (χ4v) is 2.45. The topological polar surface area (TPSA) is 44.9 Å². The van der Waals surface area contributed by atoms with Gasteiger partial charge in [-0.1, -0.05) is 30.4 Å². The normalized spacial score (nSPS) is 19.0. The number of benzene rings is 1. The summed E-state index contributed by atoms with van der Waals surface area (Å²) >= 11 is 0. The van der Waals surface area contributed by atoms with Crippen LogP contribution in [0.2, 0.25) is 0 Å². The van der Waals surface area contributed by atoms with Gasteiger partial charge in [-0.15, -0.1) is 0 Å². The number of rotatable bonds is 2. The number of fused-ring (bicyclic) bond motifs is 1. The molecule has 0 saturated heterocycles. The Hall–Kier alpha value is -2.03. The summed E-state index contributed by atoms with van der Waals surface area (Å²) in [6.07, 6.45) is 9.13. The lowest BCUT2D eigenvalue weighted by Crippen LogP contribution is -2.35. The van der Waals surface area contributed by atoms with Crippen molar-refractivity contribution in [2.45, 2.75) is 25.3 Å². The highest BCUT2D eigenvalue weighted by atomic mass is 16.1. The SMILES string of the molecule is O=C(NC1CC=CCC1)c1c[nH]c2ccccc12. The molecular weight excluding hydrogens is 224 g/mol. The molecular formula is C15H16N2O. The number of para-hydroxylation sites is 1. The Balaban J connectivity index is 1.81. The van der Waals surface area contributed by atoms with Crippen LogP contribution in [0.4, 0.5) is 0 Å². The van der Waals surface area contributed by atoms with Crippen LogP contribution in [-0.2, 0) is 0 Å². The summed E-state index contributed by atoms with van der Waals surface area (Å²) in [5, 5.41) is 4.09. The van der Waals surface area contributed by atoms with Crippen molar-refractivity contribution >= 4 is 16.8 Å². The molecule has 1 aliphatic carbocycles. The van der Waals surface area contributed by atoms with Crippen molar-refractivity contribution < 1.29 is 4.79 Å². The van der Waals surface area contributed by atoms with E-state index in [0.29, 0.717) is 0 Å². The van der Waals surface area contributed by atoms with E-state index in [1.165, 1.54) is 0 Å². The van der Waals surface area contributed by atoms with Gasteiger partial charge in [-0.2, -0.15) is 0 Å². The van der Waals surface area contributed by atoms with Crippen molar-refractivity contribution in [1.29, 1.82) is 0 Å². The number of amides is 1. The minimum atomic E-state index is 0.0211. The van der Waals surface area contributed by atoms with Gasteiger partial charge in [0.15, 0.2) is 0 Å². The van der Waals surface area contributed by atoms with Crippen molar-refractivity contribution in [1.82, 2.24) is 10.3 Å². The van der Waals surface area contributed by atoms with Gasteiger partial charge in [0.2, 0.25) is 0 Å². The van der Waals surface area contributed by atoms with Crippen molar-refractivity contribution in [3.05, 3.63) is 48.2 Å². The number of nitrogens with one attached hydrogen (secondary N) is 2. The number of carbonyl (C=O) groups is 1. The summed E-state index contributed by atoms with van der Waals surface area (Å²) in [5.41, 5.74) is 1.74. The van der Waals surface area contributed by atoms with Gasteiger partial charge in [0.25, 0.3) is 5.91 Å². The predicted octanol–water partition coefficient (Wildman–Crippen LogP) is 3.01. The molecule has 1 unspecified atom stereocenters. The molecule has 1 heterocycles. The maximum atomic E-state index is 12.2. The molecule has 3 heteroatoms.